The molecule has 0 spiro atoms. The van der Waals surface area contributed by atoms with Crippen LogP contribution >= 0.6 is 0 Å². The summed E-state index contributed by atoms with van der Waals surface area (Å²) in [6.07, 6.45) is 4.25. The molecule has 0 unspecified atom stereocenters. The van der Waals surface area contributed by atoms with Crippen molar-refractivity contribution in [2.24, 2.45) is 0 Å². The average Bonchev–Trinajstić information content (AvgIpc) is 2.78. The second-order valence-corrected chi connectivity index (χ2v) is 10.3. The Morgan fingerprint density at radius 2 is 1.89 bits per heavy atom. The number of nitrogens with one attached hydrogen (secondary N) is 3. The summed E-state index contributed by atoms with van der Waals surface area (Å²) in [6.45, 7) is 12.0. The van der Waals surface area contributed by atoms with E-state index in [1.54, 1.807) is 12.3 Å². The fourth-order valence-corrected chi connectivity index (χ4v) is 3.86. The van der Waals surface area contributed by atoms with Gasteiger partial charge >= 0.3 is 0 Å². The van der Waals surface area contributed by atoms with E-state index in [9.17, 15) is 4.79 Å². The second kappa shape index (κ2) is 9.95. The predicted molar refractivity (Wildman–Crippen MR) is 141 cm³/mol. The van der Waals surface area contributed by atoms with Crippen LogP contribution in [0.4, 0.5) is 23.3 Å². The van der Waals surface area contributed by atoms with Gasteiger partial charge in [-0.05, 0) is 56.6 Å². The zero-order chi connectivity index (χ0) is 25.2. The van der Waals surface area contributed by atoms with Crippen LogP contribution in [-0.4, -0.2) is 50.4 Å². The van der Waals surface area contributed by atoms with Gasteiger partial charge in [0.2, 0.25) is 5.95 Å². The fourth-order valence-electron chi connectivity index (χ4n) is 3.86. The van der Waals surface area contributed by atoms with E-state index >= 15 is 0 Å². The molecule has 1 aromatic carbocycles. The van der Waals surface area contributed by atoms with Crippen LogP contribution in [0.25, 0.3) is 0 Å². The van der Waals surface area contributed by atoms with Crippen LogP contribution in [0.2, 0.25) is 0 Å². The van der Waals surface area contributed by atoms with Gasteiger partial charge in [-0.1, -0.05) is 26.8 Å². The Kier molecular flexibility index (Phi) is 6.98. The number of amides is 1. The van der Waals surface area contributed by atoms with Crippen LogP contribution in [0.15, 0.2) is 36.7 Å². The van der Waals surface area contributed by atoms with Crippen LogP contribution in [0.3, 0.4) is 0 Å². The highest BCUT2D eigenvalue weighted by Crippen LogP contribution is 2.26. The van der Waals surface area contributed by atoms with E-state index in [2.05, 4.69) is 80.7 Å². The molecule has 1 aliphatic heterocycles. The van der Waals surface area contributed by atoms with Gasteiger partial charge in [0.1, 0.15) is 23.0 Å². The lowest BCUT2D eigenvalue weighted by molar-refractivity contribution is 0.0943. The van der Waals surface area contributed by atoms with Gasteiger partial charge < -0.3 is 20.9 Å². The molecule has 0 saturated carbocycles. The summed E-state index contributed by atoms with van der Waals surface area (Å²) in [6, 6.07) is 8.07. The van der Waals surface area contributed by atoms with Crippen molar-refractivity contribution in [3.8, 4) is 0 Å². The maximum atomic E-state index is 12.9. The average molecular weight is 477 g/mol. The zero-order valence-electron chi connectivity index (χ0n) is 21.3. The molecule has 0 bridgehead atoms. The first-order chi connectivity index (χ1) is 16.6. The van der Waals surface area contributed by atoms with Gasteiger partial charge in [0, 0.05) is 44.1 Å². The number of hydrogen-bond acceptors (Lipinski definition) is 8. The summed E-state index contributed by atoms with van der Waals surface area (Å²) < 4.78 is 0. The lowest BCUT2D eigenvalue weighted by Crippen LogP contribution is -2.31. The minimum Gasteiger partial charge on any atom is -0.350 e. The van der Waals surface area contributed by atoms with Crippen molar-refractivity contribution in [2.75, 3.05) is 24.2 Å². The first-order valence-electron chi connectivity index (χ1n) is 11.9. The van der Waals surface area contributed by atoms with Gasteiger partial charge in [-0.3, -0.25) is 4.79 Å². The van der Waals surface area contributed by atoms with Gasteiger partial charge in [0.05, 0.1) is 0 Å². The Labute approximate surface area is 208 Å². The number of aromatic nitrogens is 4. The van der Waals surface area contributed by atoms with E-state index in [0.29, 0.717) is 29.0 Å². The molecule has 0 fully saturated rings. The van der Waals surface area contributed by atoms with E-state index < -0.39 is 0 Å². The third-order valence-corrected chi connectivity index (χ3v) is 5.69. The molecular weight excluding hydrogens is 440 g/mol. The molecule has 35 heavy (non-hydrogen) atoms. The summed E-state index contributed by atoms with van der Waals surface area (Å²) in [5, 5.41) is 9.42. The Hall–Kier alpha value is -3.59. The highest BCUT2D eigenvalue weighted by atomic mass is 16.1. The molecule has 2 aromatic heterocycles. The molecule has 0 radical (unpaired) electrons. The van der Waals surface area contributed by atoms with Crippen LogP contribution < -0.4 is 16.0 Å². The molecule has 3 N–H and O–H groups in total. The molecule has 9 nitrogen and oxygen atoms in total. The molecule has 1 aliphatic rings. The number of hydrogen-bond donors (Lipinski definition) is 3. The number of likely N-dealkylation sites (N-methyl/N-ethyl adjacent to an activating group) is 1. The van der Waals surface area contributed by atoms with Crippen LogP contribution in [0, 0.1) is 0 Å². The van der Waals surface area contributed by atoms with Crippen molar-refractivity contribution in [2.45, 2.75) is 59.0 Å². The lowest BCUT2D eigenvalue weighted by Gasteiger charge is -2.25. The van der Waals surface area contributed by atoms with Crippen molar-refractivity contribution < 1.29 is 6.22 Å². The molecule has 4 rings (SSSR count). The number of carbonyl (C=O) groups is 1. The van der Waals surface area contributed by atoms with Gasteiger partial charge in [0.25, 0.3) is 5.91 Å². The van der Waals surface area contributed by atoms with Gasteiger partial charge in [0.15, 0.2) is 0 Å². The molecule has 0 saturated heterocycles. The third kappa shape index (κ3) is 6.10. The minimum atomic E-state index is -0.253. The van der Waals surface area contributed by atoms with Gasteiger partial charge in [-0.2, -0.15) is 4.98 Å². The molecule has 1 amide bonds. The molecule has 3 aromatic rings. The Morgan fingerprint density at radius 1 is 1.09 bits per heavy atom. The van der Waals surface area contributed by atoms with Crippen molar-refractivity contribution in [1.29, 1.82) is 0 Å². The molecule has 3 heterocycles. The van der Waals surface area contributed by atoms with Gasteiger partial charge in [-0.25, -0.2) is 15.0 Å². The van der Waals surface area contributed by atoms with Crippen molar-refractivity contribution in [3.63, 3.8) is 0 Å². The largest absolute Gasteiger partial charge is 0.350 e. The van der Waals surface area contributed by atoms with E-state index in [0.717, 1.165) is 25.2 Å². The minimum absolute atomic E-state index is 0. The number of nitrogens with zero attached hydrogens (tertiary/aromatic N) is 5. The number of carbonyl (C=O) groups excluding carboxylic acids is 1. The Morgan fingerprint density at radius 3 is 2.63 bits per heavy atom. The first kappa shape index (κ1) is 24.5. The SMILES string of the molecule is CC(C)NC(=O)c1cnc(Nc2ccc3c(c2)CCN(C)C3)nc1Nc1ccnc(C(C)(C)C)n1.[HH]. The summed E-state index contributed by atoms with van der Waals surface area (Å²) in [5.74, 6) is 1.77. The molecule has 186 valence electrons. The predicted octanol–water partition coefficient (Wildman–Crippen LogP) is 4.42. The standard InChI is InChI=1S/C26H34N8O.H2/c1-16(2)29-23(35)20-14-28-25(30-19-8-7-18-15-34(6)12-10-17(18)13-19)33-22(20)31-21-9-11-27-24(32-21)26(3,4)5;/h7-9,11,13-14,16H,10,12,15H2,1-6H3,(H,29,35)(H2,27,28,30,31,32,33);1H. The Bertz CT molecular complexity index is 1220. The van der Waals surface area contributed by atoms with Crippen LogP contribution in [0.5, 0.6) is 0 Å². The van der Waals surface area contributed by atoms with Crippen molar-refractivity contribution in [1.82, 2.24) is 30.2 Å². The fraction of sp³-hybridized carbons (Fsp3) is 0.423. The van der Waals surface area contributed by atoms with Crippen LogP contribution in [0.1, 0.15) is 63.4 Å². The van der Waals surface area contributed by atoms with Crippen molar-refractivity contribution in [3.05, 3.63) is 59.2 Å². The molecular formula is C26H36N8O. The quantitative estimate of drug-likeness (QED) is 0.480. The molecule has 0 atom stereocenters. The first-order valence-corrected chi connectivity index (χ1v) is 11.9. The van der Waals surface area contributed by atoms with E-state index in [1.807, 2.05) is 19.9 Å². The summed E-state index contributed by atoms with van der Waals surface area (Å²) in [4.78, 5) is 33.3. The smallest absolute Gasteiger partial charge is 0.256 e. The summed E-state index contributed by atoms with van der Waals surface area (Å²) >= 11 is 0. The normalized spacial score (nSPS) is 13.9. The zero-order valence-corrected chi connectivity index (χ0v) is 21.3. The monoisotopic (exact) mass is 476 g/mol. The highest BCUT2D eigenvalue weighted by Gasteiger charge is 2.20. The van der Waals surface area contributed by atoms with E-state index in [-0.39, 0.29) is 18.8 Å². The maximum absolute atomic E-state index is 12.9. The van der Waals surface area contributed by atoms with Crippen LogP contribution in [-0.2, 0) is 18.4 Å². The number of fused-ring (bicyclic) bond motifs is 1. The lowest BCUT2D eigenvalue weighted by atomic mass is 9.96. The summed E-state index contributed by atoms with van der Waals surface area (Å²) in [7, 11) is 2.14. The van der Waals surface area contributed by atoms with Gasteiger partial charge in [-0.15, -0.1) is 0 Å². The highest BCUT2D eigenvalue weighted by molar-refractivity contribution is 5.99. The number of rotatable bonds is 6. The topological polar surface area (TPSA) is 108 Å². The Balaban J connectivity index is 0.00000361. The number of anilines is 4. The molecule has 0 aliphatic carbocycles. The third-order valence-electron chi connectivity index (χ3n) is 5.69. The van der Waals surface area contributed by atoms with E-state index in [4.69, 9.17) is 0 Å². The molecule has 9 heteroatoms. The van der Waals surface area contributed by atoms with E-state index in [1.165, 1.54) is 17.3 Å². The maximum Gasteiger partial charge on any atom is 0.256 e. The second-order valence-electron chi connectivity index (χ2n) is 10.3. The number of benzene rings is 1. The van der Waals surface area contributed by atoms with Crippen molar-refractivity contribution >= 4 is 29.2 Å². The summed E-state index contributed by atoms with van der Waals surface area (Å²) in [5.41, 5.74) is 3.71.